The third kappa shape index (κ3) is 5.61. The first-order chi connectivity index (χ1) is 13.7. The van der Waals surface area contributed by atoms with Gasteiger partial charge in [-0.2, -0.15) is 0 Å². The summed E-state index contributed by atoms with van der Waals surface area (Å²) in [5.41, 5.74) is 4.15. The number of nitrogens with one attached hydrogen (secondary N) is 1. The van der Waals surface area contributed by atoms with E-state index in [1.165, 1.54) is 36.2 Å². The Morgan fingerprint density at radius 2 is 1.79 bits per heavy atom. The maximum atomic E-state index is 5.41. The highest BCUT2D eigenvalue weighted by molar-refractivity contribution is 5.80. The number of piperazine rings is 1. The molecule has 6 nitrogen and oxygen atoms in total. The van der Waals surface area contributed by atoms with Gasteiger partial charge in [-0.25, -0.2) is 0 Å². The second-order valence-electron chi connectivity index (χ2n) is 7.83. The Hall–Kier alpha value is -1.79. The van der Waals surface area contributed by atoms with Crippen LogP contribution in [0.4, 0.5) is 5.69 Å². The number of unbranched alkanes of at least 4 members (excludes halogenated alkanes) is 1. The summed E-state index contributed by atoms with van der Waals surface area (Å²) in [5, 5.41) is 3.57. The van der Waals surface area contributed by atoms with Crippen LogP contribution in [-0.2, 0) is 4.74 Å². The van der Waals surface area contributed by atoms with Gasteiger partial charge in [-0.15, -0.1) is 0 Å². The van der Waals surface area contributed by atoms with Crippen molar-refractivity contribution in [2.75, 3.05) is 77.5 Å². The second-order valence-corrected chi connectivity index (χ2v) is 7.83. The van der Waals surface area contributed by atoms with Crippen molar-refractivity contribution in [1.82, 2.24) is 15.1 Å². The molecule has 28 heavy (non-hydrogen) atoms. The van der Waals surface area contributed by atoms with Gasteiger partial charge in [0.25, 0.3) is 0 Å². The van der Waals surface area contributed by atoms with Gasteiger partial charge in [0, 0.05) is 58.5 Å². The van der Waals surface area contributed by atoms with Gasteiger partial charge in [-0.1, -0.05) is 12.1 Å². The smallest absolute Gasteiger partial charge is 0.193 e. The highest BCUT2D eigenvalue weighted by Gasteiger charge is 2.21. The highest BCUT2D eigenvalue weighted by Crippen LogP contribution is 2.23. The molecule has 0 aromatic heterocycles. The van der Waals surface area contributed by atoms with Crippen molar-refractivity contribution in [3.63, 3.8) is 0 Å². The zero-order chi connectivity index (χ0) is 19.8. The summed E-state index contributed by atoms with van der Waals surface area (Å²) in [6, 6.07) is 6.61. The number of nitrogens with zero attached hydrogens (tertiary/aromatic N) is 4. The van der Waals surface area contributed by atoms with Crippen LogP contribution in [0.2, 0.25) is 0 Å². The van der Waals surface area contributed by atoms with Crippen molar-refractivity contribution in [1.29, 1.82) is 0 Å². The molecule has 0 aliphatic carbocycles. The summed E-state index contributed by atoms with van der Waals surface area (Å²) in [5.74, 6) is 1.05. The number of guanidine groups is 1. The van der Waals surface area contributed by atoms with Crippen molar-refractivity contribution in [3.8, 4) is 0 Å². The number of aliphatic imine (C=N–C) groups is 1. The third-order valence-corrected chi connectivity index (χ3v) is 6.00. The lowest BCUT2D eigenvalue weighted by Gasteiger charge is -2.38. The molecule has 0 amide bonds. The number of morpholine rings is 1. The van der Waals surface area contributed by atoms with Gasteiger partial charge in [0.1, 0.15) is 0 Å². The first-order valence-corrected chi connectivity index (χ1v) is 10.8. The largest absolute Gasteiger partial charge is 0.379 e. The number of anilines is 1. The predicted molar refractivity (Wildman–Crippen MR) is 118 cm³/mol. The monoisotopic (exact) mass is 387 g/mol. The molecule has 0 bridgehead atoms. The maximum Gasteiger partial charge on any atom is 0.193 e. The molecule has 0 radical (unpaired) electrons. The van der Waals surface area contributed by atoms with E-state index in [1.807, 2.05) is 7.05 Å². The first kappa shape index (κ1) is 20.9. The van der Waals surface area contributed by atoms with Crippen molar-refractivity contribution < 1.29 is 4.74 Å². The SMILES string of the molecule is CN=C(NCCCCN1CCOCC1)N1CCN(c2cccc(C)c2C)CC1. The standard InChI is InChI=1S/C22H37N5O/c1-19-7-6-8-21(20(19)2)26-11-13-27(14-12-26)22(23-3)24-9-4-5-10-25-15-17-28-18-16-25/h6-8H,4-5,9-18H2,1-3H3,(H,23,24). The van der Waals surface area contributed by atoms with Crippen molar-refractivity contribution in [2.45, 2.75) is 26.7 Å². The van der Waals surface area contributed by atoms with Crippen LogP contribution in [0.5, 0.6) is 0 Å². The zero-order valence-corrected chi connectivity index (χ0v) is 17.9. The molecule has 3 rings (SSSR count). The quantitative estimate of drug-likeness (QED) is 0.460. The van der Waals surface area contributed by atoms with Crippen LogP contribution in [0.3, 0.4) is 0 Å². The highest BCUT2D eigenvalue weighted by atomic mass is 16.5. The number of aryl methyl sites for hydroxylation is 1. The molecule has 0 saturated carbocycles. The summed E-state index contributed by atoms with van der Waals surface area (Å²) in [4.78, 5) is 11.9. The van der Waals surface area contributed by atoms with E-state index in [9.17, 15) is 0 Å². The summed E-state index contributed by atoms with van der Waals surface area (Å²) >= 11 is 0. The predicted octanol–water partition coefficient (Wildman–Crippen LogP) is 2.11. The molecular formula is C22H37N5O. The van der Waals surface area contributed by atoms with Crippen LogP contribution in [0, 0.1) is 13.8 Å². The number of benzene rings is 1. The molecule has 1 aromatic rings. The summed E-state index contributed by atoms with van der Waals surface area (Å²) in [6.07, 6.45) is 2.41. The minimum atomic E-state index is 0.888. The number of rotatable bonds is 6. The van der Waals surface area contributed by atoms with Gasteiger partial charge in [-0.3, -0.25) is 9.89 Å². The van der Waals surface area contributed by atoms with Gasteiger partial charge in [0.2, 0.25) is 0 Å². The van der Waals surface area contributed by atoms with Crippen molar-refractivity contribution in [2.24, 2.45) is 4.99 Å². The molecule has 1 aromatic carbocycles. The lowest BCUT2D eigenvalue weighted by Crippen LogP contribution is -2.52. The Bertz CT molecular complexity index is 634. The Morgan fingerprint density at radius 3 is 2.50 bits per heavy atom. The van der Waals surface area contributed by atoms with E-state index in [1.54, 1.807) is 0 Å². The zero-order valence-electron chi connectivity index (χ0n) is 17.9. The third-order valence-electron chi connectivity index (χ3n) is 6.00. The van der Waals surface area contributed by atoms with E-state index in [0.717, 1.165) is 65.0 Å². The topological polar surface area (TPSA) is 43.3 Å². The first-order valence-electron chi connectivity index (χ1n) is 10.8. The number of ether oxygens (including phenoxy) is 1. The molecule has 1 N–H and O–H groups in total. The Labute approximate surface area is 170 Å². The molecule has 0 unspecified atom stereocenters. The van der Waals surface area contributed by atoms with E-state index in [-0.39, 0.29) is 0 Å². The van der Waals surface area contributed by atoms with Gasteiger partial charge in [0.15, 0.2) is 5.96 Å². The van der Waals surface area contributed by atoms with Crippen molar-refractivity contribution in [3.05, 3.63) is 29.3 Å². The molecule has 6 heteroatoms. The minimum absolute atomic E-state index is 0.888. The van der Waals surface area contributed by atoms with E-state index < -0.39 is 0 Å². The van der Waals surface area contributed by atoms with Gasteiger partial charge in [-0.05, 0) is 50.4 Å². The lowest BCUT2D eigenvalue weighted by molar-refractivity contribution is 0.0372. The fourth-order valence-corrected chi connectivity index (χ4v) is 4.05. The number of hydrogen-bond donors (Lipinski definition) is 1. The second kappa shape index (κ2) is 10.7. The Morgan fingerprint density at radius 1 is 1.04 bits per heavy atom. The van der Waals surface area contributed by atoms with E-state index >= 15 is 0 Å². The average molecular weight is 388 g/mol. The summed E-state index contributed by atoms with van der Waals surface area (Å²) < 4.78 is 5.41. The van der Waals surface area contributed by atoms with E-state index in [0.29, 0.717) is 0 Å². The van der Waals surface area contributed by atoms with Gasteiger partial charge in [0.05, 0.1) is 13.2 Å². The molecule has 2 aliphatic rings. The maximum absolute atomic E-state index is 5.41. The van der Waals surface area contributed by atoms with E-state index in [4.69, 9.17) is 4.74 Å². The van der Waals surface area contributed by atoms with Crippen LogP contribution < -0.4 is 10.2 Å². The summed E-state index contributed by atoms with van der Waals surface area (Å²) in [7, 11) is 1.90. The Kier molecular flexibility index (Phi) is 7.98. The molecule has 2 aliphatic heterocycles. The molecule has 2 saturated heterocycles. The van der Waals surface area contributed by atoms with Crippen molar-refractivity contribution >= 4 is 11.6 Å². The fourth-order valence-electron chi connectivity index (χ4n) is 4.05. The molecule has 0 atom stereocenters. The number of hydrogen-bond acceptors (Lipinski definition) is 4. The molecule has 2 heterocycles. The molecule has 156 valence electrons. The lowest BCUT2D eigenvalue weighted by atomic mass is 10.1. The van der Waals surface area contributed by atoms with E-state index in [2.05, 4.69) is 57.1 Å². The van der Waals surface area contributed by atoms with Crippen LogP contribution in [0.15, 0.2) is 23.2 Å². The molecule has 0 spiro atoms. The van der Waals surface area contributed by atoms with Crippen LogP contribution in [0.1, 0.15) is 24.0 Å². The van der Waals surface area contributed by atoms with Gasteiger partial charge >= 0.3 is 0 Å². The molecular weight excluding hydrogens is 350 g/mol. The van der Waals surface area contributed by atoms with Crippen LogP contribution in [0.25, 0.3) is 0 Å². The molecule has 2 fully saturated rings. The summed E-state index contributed by atoms with van der Waals surface area (Å²) in [6.45, 7) is 14.7. The minimum Gasteiger partial charge on any atom is -0.379 e. The normalized spacial score (nSPS) is 19.2. The fraction of sp³-hybridized carbons (Fsp3) is 0.682. The average Bonchev–Trinajstić information content (AvgIpc) is 2.74. The van der Waals surface area contributed by atoms with Gasteiger partial charge < -0.3 is 19.9 Å². The van der Waals surface area contributed by atoms with Crippen LogP contribution in [-0.4, -0.2) is 88.4 Å². The van der Waals surface area contributed by atoms with Crippen LogP contribution >= 0.6 is 0 Å². The Balaban J connectivity index is 1.38.